The Bertz CT molecular complexity index is 995. The molecule has 1 saturated heterocycles. The highest BCUT2D eigenvalue weighted by Gasteiger charge is 2.32. The van der Waals surface area contributed by atoms with Crippen molar-refractivity contribution in [2.75, 3.05) is 0 Å². The van der Waals surface area contributed by atoms with E-state index in [-0.39, 0.29) is 29.9 Å². The second kappa shape index (κ2) is 7.07. The van der Waals surface area contributed by atoms with E-state index in [1.54, 1.807) is 24.5 Å². The van der Waals surface area contributed by atoms with Crippen molar-refractivity contribution in [3.63, 3.8) is 0 Å². The van der Waals surface area contributed by atoms with E-state index in [9.17, 15) is 14.7 Å². The molecule has 0 aliphatic carbocycles. The Labute approximate surface area is 156 Å². The van der Waals surface area contributed by atoms with Crippen molar-refractivity contribution in [1.82, 2.24) is 14.9 Å². The zero-order chi connectivity index (χ0) is 18.8. The first-order valence-electron chi connectivity index (χ1n) is 8.81. The average Bonchev–Trinajstić information content (AvgIpc) is 3.19. The predicted molar refractivity (Wildman–Crippen MR) is 99.8 cm³/mol. The van der Waals surface area contributed by atoms with E-state index in [2.05, 4.69) is 10.3 Å². The Morgan fingerprint density at radius 3 is 2.63 bits per heavy atom. The van der Waals surface area contributed by atoms with Gasteiger partial charge >= 0.3 is 0 Å². The fraction of sp³-hybridized carbons (Fsp3) is 0.190. The highest BCUT2D eigenvalue weighted by Crippen LogP contribution is 2.27. The molecule has 6 nitrogen and oxygen atoms in total. The Hall–Kier alpha value is -3.41. The molecule has 1 aromatic heterocycles. The van der Waals surface area contributed by atoms with Gasteiger partial charge in [0.25, 0.3) is 0 Å². The standard InChI is InChI=1S/C21H19N3O3/c25-17-8-4-5-14(9-17)12-24-13-22-20(15-6-2-1-3-7-15)18(24)10-16-11-19(26)23-21(16)27/h1-9,13,16,25H,10-12H2,(H,23,26,27). The largest absolute Gasteiger partial charge is 0.508 e. The highest BCUT2D eigenvalue weighted by molar-refractivity contribution is 6.03. The van der Waals surface area contributed by atoms with Gasteiger partial charge < -0.3 is 9.67 Å². The highest BCUT2D eigenvalue weighted by atomic mass is 16.3. The summed E-state index contributed by atoms with van der Waals surface area (Å²) in [5.74, 6) is -0.646. The molecule has 0 bridgehead atoms. The van der Waals surface area contributed by atoms with Gasteiger partial charge in [-0.15, -0.1) is 0 Å². The SMILES string of the molecule is O=C1CC(Cc2c(-c3ccccc3)ncn2Cc2cccc(O)c2)C(=O)N1. The molecule has 27 heavy (non-hydrogen) atoms. The molecule has 0 radical (unpaired) electrons. The summed E-state index contributed by atoms with van der Waals surface area (Å²) in [5.41, 5.74) is 3.61. The lowest BCUT2D eigenvalue weighted by molar-refractivity contribution is -0.125. The Morgan fingerprint density at radius 2 is 1.93 bits per heavy atom. The van der Waals surface area contributed by atoms with Crippen LogP contribution in [0, 0.1) is 5.92 Å². The van der Waals surface area contributed by atoms with Gasteiger partial charge in [-0.3, -0.25) is 14.9 Å². The van der Waals surface area contributed by atoms with Crippen LogP contribution < -0.4 is 5.32 Å². The number of phenols is 1. The maximum atomic E-state index is 12.1. The fourth-order valence-corrected chi connectivity index (χ4v) is 3.45. The smallest absolute Gasteiger partial charge is 0.230 e. The third-order valence-electron chi connectivity index (χ3n) is 4.76. The minimum absolute atomic E-state index is 0.199. The van der Waals surface area contributed by atoms with Crippen LogP contribution >= 0.6 is 0 Å². The number of amides is 2. The molecule has 2 N–H and O–H groups in total. The molecule has 6 heteroatoms. The molecule has 3 aromatic rings. The molecular weight excluding hydrogens is 342 g/mol. The molecular formula is C21H19N3O3. The van der Waals surface area contributed by atoms with Crippen LogP contribution in [0.3, 0.4) is 0 Å². The zero-order valence-corrected chi connectivity index (χ0v) is 14.6. The van der Waals surface area contributed by atoms with Crippen molar-refractivity contribution >= 4 is 11.8 Å². The number of carbonyl (C=O) groups is 2. The lowest BCUT2D eigenvalue weighted by Crippen LogP contribution is -2.23. The van der Waals surface area contributed by atoms with Crippen LogP contribution in [0.25, 0.3) is 11.3 Å². The minimum atomic E-state index is -0.389. The Kier molecular flexibility index (Phi) is 4.46. The van der Waals surface area contributed by atoms with Crippen LogP contribution in [0.1, 0.15) is 17.7 Å². The van der Waals surface area contributed by atoms with Crippen molar-refractivity contribution in [2.45, 2.75) is 19.4 Å². The summed E-state index contributed by atoms with van der Waals surface area (Å²) in [6.45, 7) is 0.520. The molecule has 1 fully saturated rings. The molecule has 0 spiro atoms. The van der Waals surface area contributed by atoms with Gasteiger partial charge in [-0.2, -0.15) is 0 Å². The van der Waals surface area contributed by atoms with Gasteiger partial charge in [0.05, 0.1) is 17.9 Å². The summed E-state index contributed by atoms with van der Waals surface area (Å²) in [6, 6.07) is 16.8. The molecule has 2 aromatic carbocycles. The summed E-state index contributed by atoms with van der Waals surface area (Å²) >= 11 is 0. The summed E-state index contributed by atoms with van der Waals surface area (Å²) in [4.78, 5) is 28.2. The van der Waals surface area contributed by atoms with Crippen molar-refractivity contribution in [2.24, 2.45) is 5.92 Å². The fourth-order valence-electron chi connectivity index (χ4n) is 3.45. The number of phenolic OH excluding ortho intramolecular Hbond substituents is 1. The number of aromatic hydroxyl groups is 1. The maximum Gasteiger partial charge on any atom is 0.230 e. The number of hydrogen-bond donors (Lipinski definition) is 2. The van der Waals surface area contributed by atoms with Crippen LogP contribution in [0.2, 0.25) is 0 Å². The van der Waals surface area contributed by atoms with Crippen molar-refractivity contribution < 1.29 is 14.7 Å². The van der Waals surface area contributed by atoms with Gasteiger partial charge in [0.2, 0.25) is 11.8 Å². The number of carbonyl (C=O) groups excluding carboxylic acids is 2. The first-order chi connectivity index (χ1) is 13.1. The van der Waals surface area contributed by atoms with Gasteiger partial charge in [-0.25, -0.2) is 4.98 Å². The summed E-state index contributed by atoms with van der Waals surface area (Å²) in [7, 11) is 0. The van der Waals surface area contributed by atoms with Crippen LogP contribution in [-0.2, 0) is 22.6 Å². The molecule has 1 atom stereocenters. The van der Waals surface area contributed by atoms with Crippen LogP contribution in [0.4, 0.5) is 0 Å². The van der Waals surface area contributed by atoms with Gasteiger partial charge in [0.1, 0.15) is 5.75 Å². The lowest BCUT2D eigenvalue weighted by Gasteiger charge is -2.13. The first-order valence-corrected chi connectivity index (χ1v) is 8.81. The Morgan fingerprint density at radius 1 is 1.11 bits per heavy atom. The predicted octanol–water partition coefficient (Wildman–Crippen LogP) is 2.51. The number of nitrogens with one attached hydrogen (secondary N) is 1. The molecule has 4 rings (SSSR count). The average molecular weight is 361 g/mol. The molecule has 2 amide bonds. The number of imidazole rings is 1. The summed E-state index contributed by atoms with van der Waals surface area (Å²) in [6.07, 6.45) is 2.38. The quantitative estimate of drug-likeness (QED) is 0.684. The molecule has 136 valence electrons. The topological polar surface area (TPSA) is 84.2 Å². The lowest BCUT2D eigenvalue weighted by atomic mass is 9.98. The monoisotopic (exact) mass is 361 g/mol. The van der Waals surface area contributed by atoms with Crippen molar-refractivity contribution in [1.29, 1.82) is 0 Å². The van der Waals surface area contributed by atoms with Crippen molar-refractivity contribution in [3.8, 4) is 17.0 Å². The van der Waals surface area contributed by atoms with E-state index < -0.39 is 0 Å². The number of rotatable bonds is 5. The minimum Gasteiger partial charge on any atom is -0.508 e. The normalized spacial score (nSPS) is 16.5. The number of benzene rings is 2. The zero-order valence-electron chi connectivity index (χ0n) is 14.6. The van der Waals surface area contributed by atoms with E-state index in [0.29, 0.717) is 13.0 Å². The Balaban J connectivity index is 1.71. The van der Waals surface area contributed by atoms with Gasteiger partial charge in [0, 0.05) is 30.6 Å². The van der Waals surface area contributed by atoms with Gasteiger partial charge in [-0.1, -0.05) is 42.5 Å². The number of nitrogens with zero attached hydrogens (tertiary/aromatic N) is 2. The van der Waals surface area contributed by atoms with Crippen LogP contribution in [0.5, 0.6) is 5.75 Å². The number of aromatic nitrogens is 2. The maximum absolute atomic E-state index is 12.1. The summed E-state index contributed by atoms with van der Waals surface area (Å²) in [5, 5.41) is 12.1. The van der Waals surface area contributed by atoms with E-state index in [0.717, 1.165) is 22.5 Å². The molecule has 1 aliphatic heterocycles. The van der Waals surface area contributed by atoms with E-state index >= 15 is 0 Å². The molecule has 1 aliphatic rings. The molecule has 2 heterocycles. The van der Waals surface area contributed by atoms with Gasteiger partial charge in [-0.05, 0) is 17.7 Å². The summed E-state index contributed by atoms with van der Waals surface area (Å²) < 4.78 is 1.98. The van der Waals surface area contributed by atoms with E-state index in [1.807, 2.05) is 41.0 Å². The number of imide groups is 1. The van der Waals surface area contributed by atoms with Crippen LogP contribution in [-0.4, -0.2) is 26.5 Å². The third-order valence-corrected chi connectivity index (χ3v) is 4.76. The second-order valence-electron chi connectivity index (χ2n) is 6.72. The van der Waals surface area contributed by atoms with Crippen LogP contribution in [0.15, 0.2) is 60.9 Å². The van der Waals surface area contributed by atoms with E-state index in [1.165, 1.54) is 0 Å². The first kappa shape index (κ1) is 17.0. The van der Waals surface area contributed by atoms with Crippen molar-refractivity contribution in [3.05, 3.63) is 72.2 Å². The van der Waals surface area contributed by atoms with Gasteiger partial charge in [0.15, 0.2) is 0 Å². The number of hydrogen-bond acceptors (Lipinski definition) is 4. The second-order valence-corrected chi connectivity index (χ2v) is 6.72. The van der Waals surface area contributed by atoms with E-state index in [4.69, 9.17) is 0 Å². The molecule has 0 saturated carbocycles. The molecule has 1 unspecified atom stereocenters. The third kappa shape index (κ3) is 3.60.